The van der Waals surface area contributed by atoms with Crippen LogP contribution in [0.2, 0.25) is 5.02 Å². The molecule has 1 heterocycles. The molecule has 2 rings (SSSR count). The van der Waals surface area contributed by atoms with Crippen LogP contribution in [0.1, 0.15) is 6.92 Å². The van der Waals surface area contributed by atoms with Crippen molar-refractivity contribution in [1.82, 2.24) is 10.2 Å². The van der Waals surface area contributed by atoms with Gasteiger partial charge >= 0.3 is 6.01 Å². The molecule has 1 aromatic heterocycles. The van der Waals surface area contributed by atoms with Crippen LogP contribution in [0, 0.1) is 0 Å². The number of carbonyl (C=O) groups excluding carboxylic acids is 1. The van der Waals surface area contributed by atoms with E-state index in [1.54, 1.807) is 24.3 Å². The predicted molar refractivity (Wildman–Crippen MR) is 59.0 cm³/mol. The van der Waals surface area contributed by atoms with Gasteiger partial charge in [-0.25, -0.2) is 0 Å². The van der Waals surface area contributed by atoms with Crippen LogP contribution in [0.3, 0.4) is 0 Å². The molecule has 0 saturated carbocycles. The molecule has 6 heteroatoms. The summed E-state index contributed by atoms with van der Waals surface area (Å²) < 4.78 is 5.22. The Morgan fingerprint density at radius 3 is 2.62 bits per heavy atom. The number of anilines is 1. The third kappa shape index (κ3) is 2.38. The first-order valence-corrected chi connectivity index (χ1v) is 4.90. The summed E-state index contributed by atoms with van der Waals surface area (Å²) in [6.45, 7) is 1.37. The van der Waals surface area contributed by atoms with Crippen LogP contribution >= 0.6 is 11.6 Å². The zero-order valence-electron chi connectivity index (χ0n) is 8.40. The van der Waals surface area contributed by atoms with Crippen molar-refractivity contribution in [3.63, 3.8) is 0 Å². The summed E-state index contributed by atoms with van der Waals surface area (Å²) in [6.07, 6.45) is 0. The van der Waals surface area contributed by atoms with E-state index in [-0.39, 0.29) is 11.9 Å². The molecule has 1 aromatic carbocycles. The largest absolute Gasteiger partial charge is 0.403 e. The van der Waals surface area contributed by atoms with Gasteiger partial charge in [0, 0.05) is 17.5 Å². The van der Waals surface area contributed by atoms with E-state index < -0.39 is 0 Å². The molecule has 0 radical (unpaired) electrons. The van der Waals surface area contributed by atoms with Crippen molar-refractivity contribution in [3.8, 4) is 11.5 Å². The summed E-state index contributed by atoms with van der Waals surface area (Å²) >= 11 is 5.75. The van der Waals surface area contributed by atoms with Crippen LogP contribution < -0.4 is 5.32 Å². The molecule has 5 nitrogen and oxygen atoms in total. The van der Waals surface area contributed by atoms with Gasteiger partial charge in [-0.1, -0.05) is 16.7 Å². The van der Waals surface area contributed by atoms with E-state index in [4.69, 9.17) is 16.0 Å². The normalized spacial score (nSPS) is 10.1. The van der Waals surface area contributed by atoms with Gasteiger partial charge in [-0.3, -0.25) is 10.1 Å². The highest BCUT2D eigenvalue weighted by Gasteiger charge is 2.08. The first-order valence-electron chi connectivity index (χ1n) is 4.52. The zero-order chi connectivity index (χ0) is 11.5. The summed E-state index contributed by atoms with van der Waals surface area (Å²) in [4.78, 5) is 10.7. The summed E-state index contributed by atoms with van der Waals surface area (Å²) in [5.41, 5.74) is 0.744. The molecule has 1 N–H and O–H groups in total. The van der Waals surface area contributed by atoms with Crippen LogP contribution in [-0.2, 0) is 4.79 Å². The maximum Gasteiger partial charge on any atom is 0.322 e. The molecule has 0 fully saturated rings. The van der Waals surface area contributed by atoms with Crippen LogP contribution in [-0.4, -0.2) is 16.1 Å². The Bertz CT molecular complexity index is 507. The van der Waals surface area contributed by atoms with Gasteiger partial charge in [-0.05, 0) is 24.3 Å². The minimum Gasteiger partial charge on any atom is -0.403 e. The van der Waals surface area contributed by atoms with E-state index in [1.807, 2.05) is 0 Å². The molecule has 2 aromatic rings. The minimum atomic E-state index is -0.258. The Morgan fingerprint density at radius 2 is 2.00 bits per heavy atom. The molecule has 16 heavy (non-hydrogen) atoms. The molecule has 0 aliphatic carbocycles. The first kappa shape index (κ1) is 10.6. The number of rotatable bonds is 2. The summed E-state index contributed by atoms with van der Waals surface area (Å²) in [5.74, 6) is 0.0757. The van der Waals surface area contributed by atoms with E-state index in [0.717, 1.165) is 5.56 Å². The quantitative estimate of drug-likeness (QED) is 0.871. The Morgan fingerprint density at radius 1 is 1.31 bits per heavy atom. The maximum absolute atomic E-state index is 10.7. The number of halogens is 1. The lowest BCUT2D eigenvalue weighted by molar-refractivity contribution is -0.114. The number of nitrogens with zero attached hydrogens (tertiary/aromatic N) is 2. The Balaban J connectivity index is 2.24. The lowest BCUT2D eigenvalue weighted by Gasteiger charge is -1.94. The second kappa shape index (κ2) is 4.32. The van der Waals surface area contributed by atoms with Crippen LogP contribution in [0.25, 0.3) is 11.5 Å². The molecule has 0 aliphatic rings. The molecule has 0 spiro atoms. The number of benzene rings is 1. The number of aromatic nitrogens is 2. The predicted octanol–water partition coefficient (Wildman–Crippen LogP) is 2.35. The van der Waals surface area contributed by atoms with Crippen molar-refractivity contribution >= 4 is 23.5 Å². The minimum absolute atomic E-state index is 0.0810. The number of nitrogens with one attached hydrogen (secondary N) is 1. The molecular formula is C10H8ClN3O2. The van der Waals surface area contributed by atoms with Crippen LogP contribution in [0.5, 0.6) is 0 Å². The lowest BCUT2D eigenvalue weighted by atomic mass is 10.2. The fraction of sp³-hybridized carbons (Fsp3) is 0.100. The van der Waals surface area contributed by atoms with Crippen molar-refractivity contribution in [2.24, 2.45) is 0 Å². The molecule has 1 amide bonds. The van der Waals surface area contributed by atoms with E-state index in [0.29, 0.717) is 10.9 Å². The Labute approximate surface area is 96.4 Å². The van der Waals surface area contributed by atoms with E-state index in [2.05, 4.69) is 15.5 Å². The lowest BCUT2D eigenvalue weighted by Crippen LogP contribution is -2.05. The average molecular weight is 238 g/mol. The second-order valence-electron chi connectivity index (χ2n) is 3.10. The van der Waals surface area contributed by atoms with Crippen molar-refractivity contribution in [2.75, 3.05) is 5.32 Å². The number of hydrogen-bond acceptors (Lipinski definition) is 4. The maximum atomic E-state index is 10.7. The third-order valence-corrected chi connectivity index (χ3v) is 2.05. The monoisotopic (exact) mass is 237 g/mol. The summed E-state index contributed by atoms with van der Waals surface area (Å²) in [6, 6.07) is 7.04. The van der Waals surface area contributed by atoms with Gasteiger partial charge < -0.3 is 4.42 Å². The van der Waals surface area contributed by atoms with Gasteiger partial charge in [0.1, 0.15) is 0 Å². The molecule has 0 saturated heterocycles. The standard InChI is InChI=1S/C10H8ClN3O2/c1-6(15)12-10-14-13-9(16-10)7-2-4-8(11)5-3-7/h2-5H,1H3,(H,12,14,15). The van der Waals surface area contributed by atoms with Crippen LogP contribution in [0.4, 0.5) is 6.01 Å². The van der Waals surface area contributed by atoms with Crippen molar-refractivity contribution in [3.05, 3.63) is 29.3 Å². The smallest absolute Gasteiger partial charge is 0.322 e. The van der Waals surface area contributed by atoms with Gasteiger partial charge in [0.2, 0.25) is 11.8 Å². The average Bonchev–Trinajstić information content (AvgIpc) is 2.66. The second-order valence-corrected chi connectivity index (χ2v) is 3.54. The highest BCUT2D eigenvalue weighted by Crippen LogP contribution is 2.21. The van der Waals surface area contributed by atoms with Gasteiger partial charge in [0.05, 0.1) is 0 Å². The Hall–Kier alpha value is -1.88. The fourth-order valence-corrected chi connectivity index (χ4v) is 1.26. The fourth-order valence-electron chi connectivity index (χ4n) is 1.13. The van der Waals surface area contributed by atoms with E-state index in [9.17, 15) is 4.79 Å². The highest BCUT2D eigenvalue weighted by molar-refractivity contribution is 6.30. The number of carbonyl (C=O) groups is 1. The van der Waals surface area contributed by atoms with Gasteiger partial charge in [0.25, 0.3) is 0 Å². The van der Waals surface area contributed by atoms with Gasteiger partial charge in [-0.2, -0.15) is 0 Å². The molecule has 0 unspecified atom stereocenters. The molecule has 82 valence electrons. The topological polar surface area (TPSA) is 68.0 Å². The number of amides is 1. The van der Waals surface area contributed by atoms with E-state index >= 15 is 0 Å². The third-order valence-electron chi connectivity index (χ3n) is 1.80. The summed E-state index contributed by atoms with van der Waals surface area (Å²) in [7, 11) is 0. The van der Waals surface area contributed by atoms with Crippen molar-refractivity contribution < 1.29 is 9.21 Å². The molecule has 0 atom stereocenters. The Kier molecular flexibility index (Phi) is 2.87. The van der Waals surface area contributed by atoms with Crippen molar-refractivity contribution in [1.29, 1.82) is 0 Å². The highest BCUT2D eigenvalue weighted by atomic mass is 35.5. The summed E-state index contributed by atoms with van der Waals surface area (Å²) in [5, 5.41) is 10.5. The van der Waals surface area contributed by atoms with E-state index in [1.165, 1.54) is 6.92 Å². The zero-order valence-corrected chi connectivity index (χ0v) is 9.15. The SMILES string of the molecule is CC(=O)Nc1nnc(-c2ccc(Cl)cc2)o1. The number of hydrogen-bond donors (Lipinski definition) is 1. The van der Waals surface area contributed by atoms with Gasteiger partial charge in [0.15, 0.2) is 0 Å². The van der Waals surface area contributed by atoms with Crippen molar-refractivity contribution in [2.45, 2.75) is 6.92 Å². The molecule has 0 bridgehead atoms. The van der Waals surface area contributed by atoms with Gasteiger partial charge in [-0.15, -0.1) is 5.10 Å². The molecular weight excluding hydrogens is 230 g/mol. The van der Waals surface area contributed by atoms with Crippen LogP contribution in [0.15, 0.2) is 28.7 Å². The first-order chi connectivity index (χ1) is 7.65. The molecule has 0 aliphatic heterocycles.